The van der Waals surface area contributed by atoms with Crippen molar-refractivity contribution in [1.29, 1.82) is 0 Å². The zero-order chi connectivity index (χ0) is 12.5. The molecule has 1 aromatic rings. The second kappa shape index (κ2) is 10.2. The number of hydrogen-bond acceptors (Lipinski definition) is 1. The number of aromatic nitrogens is 2. The smallest absolute Gasteiger partial charge is 0.314 e. The Balaban J connectivity index is 0.00000289. The predicted octanol–water partition coefficient (Wildman–Crippen LogP) is -2.19. The minimum Gasteiger partial charge on any atom is -1.00 e. The Morgan fingerprint density at radius 2 is 1.94 bits per heavy atom. The van der Waals surface area contributed by atoms with Crippen LogP contribution in [0.1, 0.15) is 26.2 Å². The van der Waals surface area contributed by atoms with Gasteiger partial charge in [0.2, 0.25) is 6.33 Å². The quantitative estimate of drug-likeness (QED) is 0.322. The van der Waals surface area contributed by atoms with Crippen molar-refractivity contribution in [2.45, 2.75) is 32.7 Å². The van der Waals surface area contributed by atoms with Crippen LogP contribution >= 0.6 is 0 Å². The topological polar surface area (TPSA) is 49.9 Å². The molecule has 0 saturated heterocycles. The molecule has 2 N–H and O–H groups in total. The number of amides is 2. The highest BCUT2D eigenvalue weighted by Gasteiger charge is 2.01. The first-order valence-corrected chi connectivity index (χ1v) is 6.25. The molecule has 5 nitrogen and oxygen atoms in total. The van der Waals surface area contributed by atoms with E-state index in [4.69, 9.17) is 0 Å². The maximum atomic E-state index is 11.3. The van der Waals surface area contributed by atoms with Gasteiger partial charge in [-0.1, -0.05) is 13.3 Å². The van der Waals surface area contributed by atoms with Crippen LogP contribution in [0.25, 0.3) is 0 Å². The molecular weight excluding hydrogens is 343 g/mol. The maximum Gasteiger partial charge on any atom is 0.314 e. The molecule has 0 unspecified atom stereocenters. The number of aryl methyl sites for hydroxylation is 2. The van der Waals surface area contributed by atoms with E-state index < -0.39 is 0 Å². The Morgan fingerprint density at radius 1 is 1.28 bits per heavy atom. The van der Waals surface area contributed by atoms with E-state index >= 15 is 0 Å². The summed E-state index contributed by atoms with van der Waals surface area (Å²) in [5.41, 5.74) is 0. The van der Waals surface area contributed by atoms with Crippen LogP contribution in [-0.4, -0.2) is 23.7 Å². The van der Waals surface area contributed by atoms with Crippen molar-refractivity contribution in [1.82, 2.24) is 15.2 Å². The molecule has 0 fully saturated rings. The third-order valence-corrected chi connectivity index (χ3v) is 2.52. The van der Waals surface area contributed by atoms with Gasteiger partial charge in [-0.3, -0.25) is 0 Å². The molecule has 1 heterocycles. The van der Waals surface area contributed by atoms with Crippen LogP contribution in [0.15, 0.2) is 18.7 Å². The van der Waals surface area contributed by atoms with Crippen LogP contribution < -0.4 is 39.2 Å². The number of nitrogens with one attached hydrogen (secondary N) is 2. The van der Waals surface area contributed by atoms with Gasteiger partial charge in [0.1, 0.15) is 12.4 Å². The van der Waals surface area contributed by atoms with E-state index in [1.54, 1.807) is 0 Å². The van der Waals surface area contributed by atoms with Gasteiger partial charge in [-0.2, -0.15) is 0 Å². The number of rotatable bonds is 7. The molecule has 0 spiro atoms. The van der Waals surface area contributed by atoms with Crippen molar-refractivity contribution in [3.05, 3.63) is 18.7 Å². The minimum atomic E-state index is -0.0588. The third-order valence-electron chi connectivity index (χ3n) is 2.52. The van der Waals surface area contributed by atoms with Gasteiger partial charge in [0, 0.05) is 19.5 Å². The Kier molecular flexibility index (Phi) is 9.72. The lowest BCUT2D eigenvalue weighted by Crippen LogP contribution is -3.00. The summed E-state index contributed by atoms with van der Waals surface area (Å²) in [5, 5.41) is 5.67. The number of hydrogen-bond donors (Lipinski definition) is 2. The van der Waals surface area contributed by atoms with Crippen molar-refractivity contribution >= 4 is 6.03 Å². The minimum absolute atomic E-state index is 0. The molecule has 0 bridgehead atoms. The Bertz CT molecular complexity index is 341. The zero-order valence-electron chi connectivity index (χ0n) is 11.2. The summed E-state index contributed by atoms with van der Waals surface area (Å²) < 4.78 is 4.11. The van der Waals surface area contributed by atoms with Gasteiger partial charge in [0.25, 0.3) is 0 Å². The highest BCUT2D eigenvalue weighted by Crippen LogP contribution is 1.88. The number of halogens is 1. The molecular formula is C12H23IN4O. The van der Waals surface area contributed by atoms with Crippen LogP contribution in [-0.2, 0) is 13.6 Å². The summed E-state index contributed by atoms with van der Waals surface area (Å²) in [7, 11) is 2.00. The molecule has 0 aliphatic rings. The van der Waals surface area contributed by atoms with Crippen molar-refractivity contribution in [3.63, 3.8) is 0 Å². The molecule has 0 radical (unpaired) electrons. The van der Waals surface area contributed by atoms with E-state index in [9.17, 15) is 4.79 Å². The lowest BCUT2D eigenvalue weighted by Gasteiger charge is -2.05. The summed E-state index contributed by atoms with van der Waals surface area (Å²) in [6.45, 7) is 4.50. The highest BCUT2D eigenvalue weighted by atomic mass is 127. The Hall–Kier alpha value is -0.790. The second-order valence-corrected chi connectivity index (χ2v) is 4.21. The molecule has 0 atom stereocenters. The fourth-order valence-electron chi connectivity index (χ4n) is 1.54. The van der Waals surface area contributed by atoms with E-state index in [1.165, 1.54) is 0 Å². The molecule has 0 aromatic carbocycles. The van der Waals surface area contributed by atoms with Crippen LogP contribution in [0.2, 0.25) is 0 Å². The van der Waals surface area contributed by atoms with E-state index in [0.717, 1.165) is 32.4 Å². The summed E-state index contributed by atoms with van der Waals surface area (Å²) >= 11 is 0. The van der Waals surface area contributed by atoms with Crippen LogP contribution in [0.4, 0.5) is 4.79 Å². The first kappa shape index (κ1) is 17.2. The highest BCUT2D eigenvalue weighted by molar-refractivity contribution is 5.73. The first-order chi connectivity index (χ1) is 8.22. The van der Waals surface area contributed by atoms with Gasteiger partial charge in [-0.05, 0) is 6.42 Å². The Morgan fingerprint density at radius 3 is 2.50 bits per heavy atom. The monoisotopic (exact) mass is 366 g/mol. The first-order valence-electron chi connectivity index (χ1n) is 6.25. The summed E-state index contributed by atoms with van der Waals surface area (Å²) in [5.74, 6) is 0. The number of carbonyl (C=O) groups is 1. The zero-order valence-corrected chi connectivity index (χ0v) is 13.3. The number of imidazole rings is 1. The van der Waals surface area contributed by atoms with Crippen molar-refractivity contribution in [3.8, 4) is 0 Å². The van der Waals surface area contributed by atoms with E-state index in [-0.39, 0.29) is 30.0 Å². The van der Waals surface area contributed by atoms with E-state index in [2.05, 4.69) is 22.1 Å². The molecule has 1 aromatic heterocycles. The number of urea groups is 1. The third kappa shape index (κ3) is 7.52. The van der Waals surface area contributed by atoms with Crippen LogP contribution in [0.3, 0.4) is 0 Å². The molecule has 0 aliphatic heterocycles. The normalized spacial score (nSPS) is 9.67. The second-order valence-electron chi connectivity index (χ2n) is 4.21. The lowest BCUT2D eigenvalue weighted by atomic mass is 10.3. The predicted molar refractivity (Wildman–Crippen MR) is 66.5 cm³/mol. The summed E-state index contributed by atoms with van der Waals surface area (Å²) in [4.78, 5) is 11.3. The molecule has 0 saturated carbocycles. The molecule has 0 aliphatic carbocycles. The van der Waals surface area contributed by atoms with Gasteiger partial charge in [0.15, 0.2) is 0 Å². The van der Waals surface area contributed by atoms with E-state index in [1.807, 2.05) is 30.3 Å². The fourth-order valence-corrected chi connectivity index (χ4v) is 1.54. The fraction of sp³-hybridized carbons (Fsp3) is 0.667. The SMILES string of the molecule is CCCCNC(=O)NCCCn1cc[n+](C)c1.[I-]. The number of carbonyl (C=O) groups excluding carboxylic acids is 1. The molecule has 2 amide bonds. The van der Waals surface area contributed by atoms with Crippen molar-refractivity contribution in [2.24, 2.45) is 7.05 Å². The summed E-state index contributed by atoms with van der Waals surface area (Å²) in [6.07, 6.45) is 9.14. The van der Waals surface area contributed by atoms with Gasteiger partial charge in [-0.15, -0.1) is 0 Å². The average molecular weight is 366 g/mol. The molecule has 1 rings (SSSR count). The molecule has 6 heteroatoms. The summed E-state index contributed by atoms with van der Waals surface area (Å²) in [6, 6.07) is -0.0588. The van der Waals surface area contributed by atoms with Crippen molar-refractivity contribution < 1.29 is 33.3 Å². The van der Waals surface area contributed by atoms with Gasteiger partial charge in [0.05, 0.1) is 13.6 Å². The molecule has 104 valence electrons. The van der Waals surface area contributed by atoms with Crippen LogP contribution in [0, 0.1) is 0 Å². The molecule has 18 heavy (non-hydrogen) atoms. The van der Waals surface area contributed by atoms with Gasteiger partial charge in [-0.25, -0.2) is 13.9 Å². The standard InChI is InChI=1S/C12H22N4O.HI/c1-3-4-6-13-12(17)14-7-5-8-16-10-9-15(2)11-16;/h9-11H,3-8H2,1-2H3,(H-,13,14,17);1H. The lowest BCUT2D eigenvalue weighted by molar-refractivity contribution is -0.671. The largest absolute Gasteiger partial charge is 1.00 e. The van der Waals surface area contributed by atoms with Gasteiger partial charge < -0.3 is 34.6 Å². The number of unbranched alkanes of at least 4 members (excludes halogenated alkanes) is 1. The van der Waals surface area contributed by atoms with Crippen LogP contribution in [0.5, 0.6) is 0 Å². The van der Waals surface area contributed by atoms with Crippen molar-refractivity contribution in [2.75, 3.05) is 13.1 Å². The average Bonchev–Trinajstić information content (AvgIpc) is 2.71. The number of nitrogens with zero attached hydrogens (tertiary/aromatic N) is 2. The van der Waals surface area contributed by atoms with Gasteiger partial charge >= 0.3 is 6.03 Å². The van der Waals surface area contributed by atoms with E-state index in [0.29, 0.717) is 6.54 Å². The Labute approximate surface area is 126 Å². The maximum absolute atomic E-state index is 11.3.